The largest absolute Gasteiger partial charge is 0.503 e. The molecule has 154 valence electrons. The summed E-state index contributed by atoms with van der Waals surface area (Å²) in [6.45, 7) is -1.45. The van der Waals surface area contributed by atoms with E-state index in [1.54, 1.807) is 0 Å². The summed E-state index contributed by atoms with van der Waals surface area (Å²) in [7, 11) is -10.2. The summed E-state index contributed by atoms with van der Waals surface area (Å²) in [6, 6.07) is 0. The van der Waals surface area contributed by atoms with Gasteiger partial charge in [0.15, 0.2) is 0 Å². The Kier molecular flexibility index (Phi) is 15.0. The minimum atomic E-state index is -5.12. The van der Waals surface area contributed by atoms with Gasteiger partial charge in [0, 0.05) is 0 Å². The summed E-state index contributed by atoms with van der Waals surface area (Å²) in [4.78, 5) is 8.56. The van der Waals surface area contributed by atoms with Gasteiger partial charge in [-0.25, -0.2) is 4.79 Å². The van der Waals surface area contributed by atoms with Gasteiger partial charge in [-0.15, -0.1) is 3.63 Å². The highest BCUT2D eigenvalue weighted by Gasteiger charge is 2.29. The van der Waals surface area contributed by atoms with Crippen molar-refractivity contribution in [3.63, 3.8) is 0 Å². The smallest absolute Gasteiger partial charge is 0.450 e. The van der Waals surface area contributed by atoms with E-state index in [4.69, 9.17) is 54.8 Å². The summed E-state index contributed by atoms with van der Waals surface area (Å²) in [6.07, 6.45) is -8.23. The van der Waals surface area contributed by atoms with Crippen LogP contribution in [0.3, 0.4) is 0 Å². The van der Waals surface area contributed by atoms with E-state index in [9.17, 15) is 16.8 Å². The molecule has 25 heavy (non-hydrogen) atoms. The SMILES string of the molecule is O=C(O)O.O=S(=O)(O)OS(=O)(=O)O.OCC(O)C(O)C(O)C(O)CO. The average Bonchev–Trinajstić information content (AvgIpc) is 2.40. The van der Waals surface area contributed by atoms with E-state index in [1.165, 1.54) is 0 Å². The first kappa shape index (κ1) is 28.6. The molecule has 0 aliphatic carbocycles. The molecule has 4 atom stereocenters. The monoisotopic (exact) mass is 422 g/mol. The molecule has 0 aromatic carbocycles. The van der Waals surface area contributed by atoms with Crippen molar-refractivity contribution in [2.24, 2.45) is 0 Å². The topological polar surface area (TPSA) is 297 Å². The Morgan fingerprint density at radius 1 is 0.760 bits per heavy atom. The Morgan fingerprint density at radius 3 is 1.04 bits per heavy atom. The first-order chi connectivity index (χ1) is 11.0. The van der Waals surface area contributed by atoms with E-state index in [0.717, 1.165) is 0 Å². The highest BCUT2D eigenvalue weighted by Crippen LogP contribution is 2.04. The standard InChI is InChI=1S/C6H14O6.CH2O3.H2O7S2/c7-1-3(9)5(11)6(12)4(10)2-8;2-1(3)4;1-8(2,3)7-9(4,5)6/h3-12H,1-2H2;(H2,2,3,4);(H,1,2,3)(H,4,5,6). The lowest BCUT2D eigenvalue weighted by Gasteiger charge is -2.24. The summed E-state index contributed by atoms with van der Waals surface area (Å²) >= 11 is 0. The van der Waals surface area contributed by atoms with Crippen LogP contribution in [0.2, 0.25) is 0 Å². The molecule has 0 aromatic rings. The number of hydrogen-bond donors (Lipinski definition) is 10. The van der Waals surface area contributed by atoms with Crippen LogP contribution in [-0.4, -0.2) is 111 Å². The van der Waals surface area contributed by atoms with Crippen molar-refractivity contribution in [3.8, 4) is 0 Å². The van der Waals surface area contributed by atoms with Crippen LogP contribution in [0.15, 0.2) is 0 Å². The van der Waals surface area contributed by atoms with Gasteiger partial charge in [-0.3, -0.25) is 9.11 Å². The molecule has 10 N–H and O–H groups in total. The van der Waals surface area contributed by atoms with Crippen LogP contribution in [0, 0.1) is 0 Å². The van der Waals surface area contributed by atoms with Gasteiger partial charge in [-0.1, -0.05) is 0 Å². The molecule has 0 aliphatic heterocycles. The van der Waals surface area contributed by atoms with Crippen molar-refractivity contribution in [2.75, 3.05) is 13.2 Å². The molecule has 0 rings (SSSR count). The molecule has 0 amide bonds. The first-order valence-corrected chi connectivity index (χ1v) is 8.23. The molecule has 0 fully saturated rings. The molecule has 4 unspecified atom stereocenters. The molecule has 0 bridgehead atoms. The number of aliphatic hydroxyl groups is 6. The van der Waals surface area contributed by atoms with Gasteiger partial charge in [-0.2, -0.15) is 16.8 Å². The fraction of sp³-hybridized carbons (Fsp3) is 0.857. The van der Waals surface area contributed by atoms with Crippen LogP contribution >= 0.6 is 0 Å². The minimum Gasteiger partial charge on any atom is -0.450 e. The first-order valence-electron chi connectivity index (χ1n) is 5.50. The fourth-order valence-electron chi connectivity index (χ4n) is 0.780. The van der Waals surface area contributed by atoms with E-state index in [-0.39, 0.29) is 0 Å². The number of hydrogen-bond acceptors (Lipinski definition) is 12. The van der Waals surface area contributed by atoms with E-state index >= 15 is 0 Å². The van der Waals surface area contributed by atoms with Gasteiger partial charge >= 0.3 is 27.0 Å². The molecule has 18 heteroatoms. The Bertz CT molecular complexity index is 505. The Hall–Kier alpha value is -1.19. The Morgan fingerprint density at radius 2 is 0.960 bits per heavy atom. The zero-order chi connectivity index (χ0) is 21.0. The molecular weight excluding hydrogens is 404 g/mol. The van der Waals surface area contributed by atoms with E-state index < -0.39 is 64.6 Å². The summed E-state index contributed by atoms with van der Waals surface area (Å²) < 4.78 is 55.6. The Labute approximate surface area is 140 Å². The molecule has 0 spiro atoms. The van der Waals surface area contributed by atoms with Gasteiger partial charge in [0.25, 0.3) is 0 Å². The average molecular weight is 422 g/mol. The van der Waals surface area contributed by atoms with Crippen LogP contribution in [0.5, 0.6) is 0 Å². The van der Waals surface area contributed by atoms with Crippen LogP contribution in [0.25, 0.3) is 0 Å². The Balaban J connectivity index is -0.000000328. The van der Waals surface area contributed by atoms with Crippen LogP contribution in [0.4, 0.5) is 4.79 Å². The fourth-order valence-corrected chi connectivity index (χ4v) is 1.65. The van der Waals surface area contributed by atoms with Gasteiger partial charge in [-0.05, 0) is 0 Å². The van der Waals surface area contributed by atoms with Crippen LogP contribution < -0.4 is 0 Å². The number of aliphatic hydroxyl groups excluding tert-OH is 6. The predicted octanol–water partition coefficient (Wildman–Crippen LogP) is -4.75. The lowest BCUT2D eigenvalue weighted by atomic mass is 10.0. The zero-order valence-electron chi connectivity index (χ0n) is 12.0. The van der Waals surface area contributed by atoms with Gasteiger partial charge in [0.05, 0.1) is 13.2 Å². The maximum atomic E-state index is 9.44. The van der Waals surface area contributed by atoms with Gasteiger partial charge in [0.1, 0.15) is 24.4 Å². The minimum absolute atomic E-state index is 0.726. The second-order valence-corrected chi connectivity index (χ2v) is 5.94. The molecule has 0 aromatic heterocycles. The molecule has 0 radical (unpaired) electrons. The van der Waals surface area contributed by atoms with E-state index in [1.807, 2.05) is 0 Å². The van der Waals surface area contributed by atoms with Crippen molar-refractivity contribution in [1.29, 1.82) is 0 Å². The molecule has 0 heterocycles. The lowest BCUT2D eigenvalue weighted by Crippen LogP contribution is -2.46. The maximum absolute atomic E-state index is 9.44. The third-order valence-corrected chi connectivity index (χ3v) is 3.06. The van der Waals surface area contributed by atoms with Crippen molar-refractivity contribution < 1.29 is 75.2 Å². The third-order valence-electron chi connectivity index (χ3n) is 1.68. The zero-order valence-corrected chi connectivity index (χ0v) is 13.6. The van der Waals surface area contributed by atoms with Crippen LogP contribution in [0.1, 0.15) is 0 Å². The lowest BCUT2D eigenvalue weighted by molar-refractivity contribution is -0.123. The van der Waals surface area contributed by atoms with Crippen molar-refractivity contribution >= 4 is 27.0 Å². The van der Waals surface area contributed by atoms with Crippen molar-refractivity contribution in [3.05, 3.63) is 0 Å². The molecule has 0 aliphatic rings. The number of carboxylic acid groups (broad SMARTS) is 2. The third kappa shape index (κ3) is 22.8. The van der Waals surface area contributed by atoms with Gasteiger partial charge < -0.3 is 40.9 Å². The van der Waals surface area contributed by atoms with Gasteiger partial charge in [0.2, 0.25) is 0 Å². The summed E-state index contributed by atoms with van der Waals surface area (Å²) in [5.74, 6) is 0. The summed E-state index contributed by atoms with van der Waals surface area (Å²) in [5, 5.41) is 66.1. The number of rotatable bonds is 7. The quantitative estimate of drug-likeness (QED) is 0.172. The highest BCUT2D eigenvalue weighted by atomic mass is 32.3. The molecule has 0 saturated carbocycles. The second-order valence-electron chi connectivity index (χ2n) is 3.69. The van der Waals surface area contributed by atoms with Crippen molar-refractivity contribution in [1.82, 2.24) is 0 Å². The second kappa shape index (κ2) is 13.1. The normalized spacial score (nSPS) is 16.2. The molecule has 16 nitrogen and oxygen atoms in total. The van der Waals surface area contributed by atoms with E-state index in [2.05, 4.69) is 3.63 Å². The van der Waals surface area contributed by atoms with Crippen molar-refractivity contribution in [2.45, 2.75) is 24.4 Å². The predicted molar refractivity (Wildman–Crippen MR) is 73.0 cm³/mol. The summed E-state index contributed by atoms with van der Waals surface area (Å²) in [5.41, 5.74) is 0. The molecule has 0 saturated heterocycles. The molecular formula is C7H18O16S2. The maximum Gasteiger partial charge on any atom is 0.503 e. The number of carbonyl (C=O) groups is 1. The highest BCUT2D eigenvalue weighted by molar-refractivity contribution is 7.94. The van der Waals surface area contributed by atoms with E-state index in [0.29, 0.717) is 0 Å². The van der Waals surface area contributed by atoms with Crippen LogP contribution in [-0.2, 0) is 24.4 Å².